The van der Waals surface area contributed by atoms with Gasteiger partial charge >= 0.3 is 5.97 Å². The van der Waals surface area contributed by atoms with Gasteiger partial charge in [0, 0.05) is 16.1 Å². The van der Waals surface area contributed by atoms with Crippen LogP contribution in [0.4, 0.5) is 0 Å². The number of halogens is 1. The molecule has 0 aliphatic carbocycles. The van der Waals surface area contributed by atoms with E-state index in [0.717, 1.165) is 28.0 Å². The van der Waals surface area contributed by atoms with Crippen molar-refractivity contribution < 1.29 is 28.8 Å². The first kappa shape index (κ1) is 22.1. The number of benzene rings is 3. The molecule has 1 heterocycles. The average Bonchev–Trinajstić information content (AvgIpc) is 2.78. The first-order chi connectivity index (χ1) is 15.5. The molecule has 1 saturated heterocycles. The summed E-state index contributed by atoms with van der Waals surface area (Å²) in [5, 5.41) is 9.59. The Bertz CT molecular complexity index is 1090. The Balaban J connectivity index is 1.48. The SMILES string of the molecule is COc1ccc(-c2ccccc2Cl)cc1COc1ccc(C2(OCC(=O)O)COC2)cc1. The van der Waals surface area contributed by atoms with Crippen LogP contribution in [0.25, 0.3) is 11.1 Å². The fraction of sp³-hybridized carbons (Fsp3) is 0.240. The number of aliphatic carboxylic acids is 1. The van der Waals surface area contributed by atoms with Crippen molar-refractivity contribution in [2.24, 2.45) is 0 Å². The van der Waals surface area contributed by atoms with E-state index in [4.69, 9.17) is 35.7 Å². The molecule has 7 heteroatoms. The second-order valence-electron chi connectivity index (χ2n) is 7.49. The standard InChI is InChI=1S/C25H23ClO6/c1-29-23-11-6-17(21-4-2-3-5-22(21)26)12-18(23)13-31-20-9-7-19(8-10-20)25(15-30-16-25)32-14-24(27)28/h2-12H,13-16H2,1H3,(H,27,28). The number of hydrogen-bond acceptors (Lipinski definition) is 5. The lowest BCUT2D eigenvalue weighted by Crippen LogP contribution is -2.49. The summed E-state index contributed by atoms with van der Waals surface area (Å²) in [4.78, 5) is 10.9. The van der Waals surface area contributed by atoms with E-state index >= 15 is 0 Å². The lowest BCUT2D eigenvalue weighted by Gasteiger charge is -2.41. The fourth-order valence-corrected chi connectivity index (χ4v) is 3.84. The normalized spacial score (nSPS) is 14.4. The number of rotatable bonds is 9. The molecule has 1 aliphatic rings. The summed E-state index contributed by atoms with van der Waals surface area (Å²) < 4.78 is 22.3. The van der Waals surface area contributed by atoms with Crippen molar-refractivity contribution in [1.29, 1.82) is 0 Å². The second kappa shape index (κ2) is 9.61. The minimum absolute atomic E-state index is 0.310. The van der Waals surface area contributed by atoms with Crippen LogP contribution in [0.1, 0.15) is 11.1 Å². The highest BCUT2D eigenvalue weighted by Gasteiger charge is 2.42. The van der Waals surface area contributed by atoms with Crippen molar-refractivity contribution in [1.82, 2.24) is 0 Å². The van der Waals surface area contributed by atoms with Gasteiger partial charge in [0.1, 0.15) is 30.3 Å². The second-order valence-corrected chi connectivity index (χ2v) is 7.90. The van der Waals surface area contributed by atoms with Crippen molar-refractivity contribution in [3.63, 3.8) is 0 Å². The molecular formula is C25H23ClO6. The highest BCUT2D eigenvalue weighted by Crippen LogP contribution is 2.35. The van der Waals surface area contributed by atoms with Crippen molar-refractivity contribution in [2.75, 3.05) is 26.9 Å². The molecule has 0 aromatic heterocycles. The number of hydrogen-bond donors (Lipinski definition) is 1. The van der Waals surface area contributed by atoms with Crippen LogP contribution in [0, 0.1) is 0 Å². The summed E-state index contributed by atoms with van der Waals surface area (Å²) in [7, 11) is 1.63. The molecule has 6 nitrogen and oxygen atoms in total. The quantitative estimate of drug-likeness (QED) is 0.494. The summed E-state index contributed by atoms with van der Waals surface area (Å²) in [6, 6.07) is 21.0. The van der Waals surface area contributed by atoms with E-state index in [1.165, 1.54) is 0 Å². The molecule has 1 N–H and O–H groups in total. The van der Waals surface area contributed by atoms with Gasteiger partial charge in [0.05, 0.1) is 20.3 Å². The molecule has 0 spiro atoms. The molecule has 3 aromatic rings. The van der Waals surface area contributed by atoms with Crippen LogP contribution in [0.5, 0.6) is 11.5 Å². The highest BCUT2D eigenvalue weighted by atomic mass is 35.5. The Morgan fingerprint density at radius 3 is 2.47 bits per heavy atom. The van der Waals surface area contributed by atoms with Crippen LogP contribution >= 0.6 is 11.6 Å². The van der Waals surface area contributed by atoms with Crippen LogP contribution in [-0.4, -0.2) is 38.0 Å². The third-order valence-electron chi connectivity index (χ3n) is 5.38. The maximum atomic E-state index is 10.9. The highest BCUT2D eigenvalue weighted by molar-refractivity contribution is 6.33. The molecule has 0 unspecified atom stereocenters. The minimum Gasteiger partial charge on any atom is -0.496 e. The van der Waals surface area contributed by atoms with Crippen LogP contribution in [0.3, 0.4) is 0 Å². The molecular weight excluding hydrogens is 432 g/mol. The Labute approximate surface area is 191 Å². The Morgan fingerprint density at radius 2 is 1.84 bits per heavy atom. The molecule has 4 rings (SSSR count). The number of carboxylic acid groups (broad SMARTS) is 1. The van der Waals surface area contributed by atoms with E-state index in [1.807, 2.05) is 66.7 Å². The number of carboxylic acids is 1. The van der Waals surface area contributed by atoms with Gasteiger partial charge < -0.3 is 24.1 Å². The van der Waals surface area contributed by atoms with E-state index in [9.17, 15) is 4.79 Å². The monoisotopic (exact) mass is 454 g/mol. The van der Waals surface area contributed by atoms with Crippen LogP contribution < -0.4 is 9.47 Å². The maximum absolute atomic E-state index is 10.9. The predicted octanol–water partition coefficient (Wildman–Crippen LogP) is 4.92. The van der Waals surface area contributed by atoms with Crippen molar-refractivity contribution in [3.8, 4) is 22.6 Å². The zero-order valence-corrected chi connectivity index (χ0v) is 18.3. The Hall–Kier alpha value is -3.06. The lowest BCUT2D eigenvalue weighted by atomic mass is 9.91. The van der Waals surface area contributed by atoms with Gasteiger partial charge in [0.25, 0.3) is 0 Å². The van der Waals surface area contributed by atoms with Gasteiger partial charge in [0.2, 0.25) is 0 Å². The van der Waals surface area contributed by atoms with Crippen LogP contribution in [-0.2, 0) is 26.5 Å². The van der Waals surface area contributed by atoms with E-state index in [-0.39, 0.29) is 6.61 Å². The summed E-state index contributed by atoms with van der Waals surface area (Å²) in [6.45, 7) is 0.590. The van der Waals surface area contributed by atoms with Gasteiger partial charge in [-0.1, -0.05) is 48.0 Å². The van der Waals surface area contributed by atoms with Gasteiger partial charge in [-0.05, 0) is 41.5 Å². The van der Waals surface area contributed by atoms with Crippen molar-refractivity contribution in [3.05, 3.63) is 82.9 Å². The van der Waals surface area contributed by atoms with Crippen LogP contribution in [0.2, 0.25) is 5.02 Å². The van der Waals surface area contributed by atoms with E-state index in [0.29, 0.717) is 30.6 Å². The van der Waals surface area contributed by atoms with Gasteiger partial charge in [-0.3, -0.25) is 0 Å². The van der Waals surface area contributed by atoms with Crippen LogP contribution in [0.15, 0.2) is 66.7 Å². The smallest absolute Gasteiger partial charge is 0.329 e. The number of carbonyl (C=O) groups is 1. The molecule has 0 saturated carbocycles. The topological polar surface area (TPSA) is 74.2 Å². The van der Waals surface area contributed by atoms with E-state index in [2.05, 4.69) is 0 Å². The molecule has 1 aliphatic heterocycles. The van der Waals surface area contributed by atoms with Crippen molar-refractivity contribution in [2.45, 2.75) is 12.2 Å². The molecule has 0 bridgehead atoms. The Morgan fingerprint density at radius 1 is 1.09 bits per heavy atom. The summed E-state index contributed by atoms with van der Waals surface area (Å²) >= 11 is 6.35. The summed E-state index contributed by atoms with van der Waals surface area (Å²) in [5.74, 6) is 0.391. The molecule has 0 atom stereocenters. The van der Waals surface area contributed by atoms with Gasteiger partial charge in [-0.25, -0.2) is 4.79 Å². The average molecular weight is 455 g/mol. The molecule has 3 aromatic carbocycles. The summed E-state index contributed by atoms with van der Waals surface area (Å²) in [6.07, 6.45) is 0. The lowest BCUT2D eigenvalue weighted by molar-refractivity contribution is -0.220. The summed E-state index contributed by atoms with van der Waals surface area (Å²) in [5.41, 5.74) is 2.95. The largest absolute Gasteiger partial charge is 0.496 e. The zero-order valence-electron chi connectivity index (χ0n) is 17.5. The van der Waals surface area contributed by atoms with E-state index in [1.54, 1.807) is 7.11 Å². The molecule has 1 fully saturated rings. The molecule has 0 radical (unpaired) electrons. The first-order valence-corrected chi connectivity index (χ1v) is 10.5. The molecule has 32 heavy (non-hydrogen) atoms. The Kier molecular flexibility index (Phi) is 6.65. The number of ether oxygens (including phenoxy) is 4. The zero-order chi connectivity index (χ0) is 22.6. The van der Waals surface area contributed by atoms with Gasteiger partial charge in [-0.2, -0.15) is 0 Å². The third-order valence-corrected chi connectivity index (χ3v) is 5.71. The number of methoxy groups -OCH3 is 1. The van der Waals surface area contributed by atoms with E-state index < -0.39 is 11.6 Å². The predicted molar refractivity (Wildman–Crippen MR) is 120 cm³/mol. The first-order valence-electron chi connectivity index (χ1n) is 10.1. The molecule has 166 valence electrons. The van der Waals surface area contributed by atoms with Crippen molar-refractivity contribution >= 4 is 17.6 Å². The third kappa shape index (κ3) is 4.72. The maximum Gasteiger partial charge on any atom is 0.329 e. The van der Waals surface area contributed by atoms with Gasteiger partial charge in [0.15, 0.2) is 0 Å². The van der Waals surface area contributed by atoms with Gasteiger partial charge in [-0.15, -0.1) is 0 Å². The molecule has 0 amide bonds. The fourth-order valence-electron chi connectivity index (χ4n) is 3.59. The minimum atomic E-state index is -1.01.